The second-order valence-electron chi connectivity index (χ2n) is 7.25. The van der Waals surface area contributed by atoms with Crippen molar-refractivity contribution in [3.63, 3.8) is 0 Å². The Morgan fingerprint density at radius 2 is 1.81 bits per heavy atom. The number of nitrogens with one attached hydrogen (secondary N) is 2. The van der Waals surface area contributed by atoms with Crippen LogP contribution in [0.3, 0.4) is 0 Å². The Labute approximate surface area is 186 Å². The summed E-state index contributed by atoms with van der Waals surface area (Å²) >= 11 is 1.66. The average Bonchev–Trinajstić information content (AvgIpc) is 3.38. The Hall–Kier alpha value is -3.19. The highest BCUT2D eigenvalue weighted by atomic mass is 32.1. The number of para-hydroxylation sites is 2. The molecule has 3 aromatic rings. The van der Waals surface area contributed by atoms with Gasteiger partial charge in [-0.05, 0) is 55.2 Å². The molecule has 1 aliphatic rings. The highest BCUT2D eigenvalue weighted by Gasteiger charge is 2.27. The topological polar surface area (TPSA) is 68.8 Å². The Morgan fingerprint density at radius 3 is 2.58 bits per heavy atom. The minimum Gasteiger partial charge on any atom is -0.497 e. The van der Waals surface area contributed by atoms with Gasteiger partial charge in [-0.25, -0.2) is 0 Å². The van der Waals surface area contributed by atoms with E-state index in [-0.39, 0.29) is 5.91 Å². The monoisotopic (exact) mass is 438 g/mol. The van der Waals surface area contributed by atoms with Gasteiger partial charge >= 0.3 is 0 Å². The van der Waals surface area contributed by atoms with Gasteiger partial charge in [0.05, 0.1) is 32.6 Å². The Kier molecular flexibility index (Phi) is 6.32. The number of rotatable bonds is 8. The van der Waals surface area contributed by atoms with Gasteiger partial charge in [-0.3, -0.25) is 4.79 Å². The van der Waals surface area contributed by atoms with Gasteiger partial charge < -0.3 is 24.8 Å². The minimum atomic E-state index is -0.121. The van der Waals surface area contributed by atoms with E-state index in [1.807, 2.05) is 42.5 Å². The van der Waals surface area contributed by atoms with Crippen LogP contribution in [0.4, 0.5) is 10.7 Å². The summed E-state index contributed by atoms with van der Waals surface area (Å²) in [5, 5.41) is 7.38. The molecule has 2 aromatic carbocycles. The molecule has 4 rings (SSSR count). The molecule has 0 atom stereocenters. The van der Waals surface area contributed by atoms with Crippen LogP contribution in [0.1, 0.15) is 32.8 Å². The fraction of sp³-hybridized carbons (Fsp3) is 0.292. The average molecular weight is 439 g/mol. The molecular formula is C24H26N2O4S. The minimum absolute atomic E-state index is 0.121. The Bertz CT molecular complexity index is 1090. The molecule has 1 amide bonds. The fourth-order valence-corrected chi connectivity index (χ4v) is 5.18. The zero-order valence-corrected chi connectivity index (χ0v) is 18.7. The second-order valence-corrected chi connectivity index (χ2v) is 8.35. The molecule has 6 nitrogen and oxygen atoms in total. The van der Waals surface area contributed by atoms with E-state index < -0.39 is 0 Å². The summed E-state index contributed by atoms with van der Waals surface area (Å²) in [5.74, 6) is 2.06. The number of methoxy groups -OCH3 is 3. The number of ether oxygens (including phenoxy) is 3. The van der Waals surface area contributed by atoms with Gasteiger partial charge in [0.1, 0.15) is 22.2 Å². The normalized spacial score (nSPS) is 12.2. The predicted octanol–water partition coefficient (Wildman–Crippen LogP) is 5.13. The number of benzene rings is 2. The molecular weight excluding hydrogens is 412 g/mol. The molecule has 2 N–H and O–H groups in total. The van der Waals surface area contributed by atoms with Crippen LogP contribution in [0.5, 0.6) is 17.2 Å². The maximum Gasteiger partial charge on any atom is 0.259 e. The molecule has 0 saturated carbocycles. The molecule has 162 valence electrons. The summed E-state index contributed by atoms with van der Waals surface area (Å²) in [6.07, 6.45) is 3.02. The number of fused-ring (bicyclic) bond motifs is 1. The molecule has 7 heteroatoms. The third-order valence-electron chi connectivity index (χ3n) is 5.43. The van der Waals surface area contributed by atoms with Crippen LogP contribution in [0.25, 0.3) is 0 Å². The first-order chi connectivity index (χ1) is 15.1. The lowest BCUT2D eigenvalue weighted by Crippen LogP contribution is -2.15. The predicted molar refractivity (Wildman–Crippen MR) is 124 cm³/mol. The number of aryl methyl sites for hydroxylation is 1. The number of thiophene rings is 1. The van der Waals surface area contributed by atoms with Gasteiger partial charge in [-0.1, -0.05) is 12.1 Å². The van der Waals surface area contributed by atoms with Crippen LogP contribution in [-0.2, 0) is 19.4 Å². The van der Waals surface area contributed by atoms with Crippen LogP contribution in [-0.4, -0.2) is 27.2 Å². The Balaban J connectivity index is 1.61. The van der Waals surface area contributed by atoms with E-state index in [4.69, 9.17) is 14.2 Å². The number of carbonyl (C=O) groups is 1. The summed E-state index contributed by atoms with van der Waals surface area (Å²) in [7, 11) is 4.89. The quantitative estimate of drug-likeness (QED) is 0.510. The van der Waals surface area contributed by atoms with Crippen molar-refractivity contribution in [1.29, 1.82) is 0 Å². The van der Waals surface area contributed by atoms with Gasteiger partial charge in [-0.15, -0.1) is 11.3 Å². The molecule has 31 heavy (non-hydrogen) atoms. The van der Waals surface area contributed by atoms with Crippen LogP contribution in [0.15, 0.2) is 42.5 Å². The van der Waals surface area contributed by atoms with E-state index in [1.54, 1.807) is 32.7 Å². The summed E-state index contributed by atoms with van der Waals surface area (Å²) < 4.78 is 16.2. The van der Waals surface area contributed by atoms with Gasteiger partial charge in [-0.2, -0.15) is 0 Å². The van der Waals surface area contributed by atoms with Crippen molar-refractivity contribution in [1.82, 2.24) is 0 Å². The summed E-state index contributed by atoms with van der Waals surface area (Å²) in [6.45, 7) is 0.523. The second kappa shape index (κ2) is 9.31. The van der Waals surface area contributed by atoms with Crippen LogP contribution in [0.2, 0.25) is 0 Å². The molecule has 1 aromatic heterocycles. The lowest BCUT2D eigenvalue weighted by atomic mass is 10.1. The van der Waals surface area contributed by atoms with Gasteiger partial charge in [0.25, 0.3) is 5.91 Å². The highest BCUT2D eigenvalue weighted by molar-refractivity contribution is 7.16. The Morgan fingerprint density at radius 1 is 1.00 bits per heavy atom. The maximum atomic E-state index is 13.3. The number of hydrogen-bond donors (Lipinski definition) is 2. The van der Waals surface area contributed by atoms with Gasteiger partial charge in [0.2, 0.25) is 0 Å². The van der Waals surface area contributed by atoms with E-state index in [0.717, 1.165) is 52.5 Å². The molecule has 0 radical (unpaired) electrons. The van der Waals surface area contributed by atoms with Crippen molar-refractivity contribution < 1.29 is 19.0 Å². The molecule has 0 spiro atoms. The lowest BCUT2D eigenvalue weighted by Gasteiger charge is -2.14. The van der Waals surface area contributed by atoms with E-state index in [9.17, 15) is 4.79 Å². The van der Waals surface area contributed by atoms with Crippen molar-refractivity contribution in [3.05, 3.63) is 64.0 Å². The molecule has 1 heterocycles. The van der Waals surface area contributed by atoms with E-state index in [2.05, 4.69) is 10.6 Å². The van der Waals surface area contributed by atoms with Crippen molar-refractivity contribution >= 4 is 27.9 Å². The third-order valence-corrected chi connectivity index (χ3v) is 6.68. The van der Waals surface area contributed by atoms with E-state index >= 15 is 0 Å². The standard InChI is InChI=1S/C24H26N2O4S/c1-28-16-11-12-19(29-2)15(13-16)14-25-24-22(17-7-6-10-21(17)31-24)23(27)26-18-8-4-5-9-20(18)30-3/h4-5,8-9,11-13,25H,6-7,10,14H2,1-3H3,(H,26,27). The largest absolute Gasteiger partial charge is 0.497 e. The van der Waals surface area contributed by atoms with Gasteiger partial charge in [0.15, 0.2) is 0 Å². The molecule has 0 aliphatic heterocycles. The van der Waals surface area contributed by atoms with Crippen molar-refractivity contribution in [2.45, 2.75) is 25.8 Å². The first kappa shape index (κ1) is 21.1. The molecule has 1 aliphatic carbocycles. The summed E-state index contributed by atoms with van der Waals surface area (Å²) in [4.78, 5) is 14.6. The number of anilines is 2. The van der Waals surface area contributed by atoms with E-state index in [1.165, 1.54) is 4.88 Å². The molecule has 0 unspecified atom stereocenters. The van der Waals surface area contributed by atoms with Gasteiger partial charge in [0, 0.05) is 17.0 Å². The lowest BCUT2D eigenvalue weighted by molar-refractivity contribution is 0.102. The number of amides is 1. The number of carbonyl (C=O) groups excluding carboxylic acids is 1. The summed E-state index contributed by atoms with van der Waals surface area (Å²) in [5.41, 5.74) is 3.50. The summed E-state index contributed by atoms with van der Waals surface area (Å²) in [6, 6.07) is 13.1. The SMILES string of the molecule is COc1ccc(OC)c(CNc2sc3c(c2C(=O)Nc2ccccc2OC)CCC3)c1. The molecule has 0 bridgehead atoms. The first-order valence-electron chi connectivity index (χ1n) is 10.2. The van der Waals surface area contributed by atoms with Crippen LogP contribution < -0.4 is 24.8 Å². The molecule has 0 saturated heterocycles. The first-order valence-corrected chi connectivity index (χ1v) is 11.0. The number of hydrogen-bond acceptors (Lipinski definition) is 6. The van der Waals surface area contributed by atoms with Crippen molar-refractivity contribution in [2.75, 3.05) is 32.0 Å². The smallest absolute Gasteiger partial charge is 0.259 e. The third kappa shape index (κ3) is 4.32. The van der Waals surface area contributed by atoms with Crippen LogP contribution in [0, 0.1) is 0 Å². The fourth-order valence-electron chi connectivity index (χ4n) is 3.90. The zero-order valence-electron chi connectivity index (χ0n) is 17.9. The maximum absolute atomic E-state index is 13.3. The zero-order chi connectivity index (χ0) is 21.8. The van der Waals surface area contributed by atoms with E-state index in [0.29, 0.717) is 18.0 Å². The molecule has 0 fully saturated rings. The van der Waals surface area contributed by atoms with Crippen LogP contribution >= 0.6 is 11.3 Å². The van der Waals surface area contributed by atoms with Crippen molar-refractivity contribution in [3.8, 4) is 17.2 Å². The van der Waals surface area contributed by atoms with Crippen molar-refractivity contribution in [2.24, 2.45) is 0 Å². The highest BCUT2D eigenvalue weighted by Crippen LogP contribution is 2.40.